The lowest BCUT2D eigenvalue weighted by Crippen LogP contribution is -2.42. The Morgan fingerprint density at radius 1 is 1.47 bits per heavy atom. The van der Waals surface area contributed by atoms with Crippen LogP contribution in [0.5, 0.6) is 0 Å². The van der Waals surface area contributed by atoms with Gasteiger partial charge in [-0.3, -0.25) is 4.79 Å². The molecule has 2 N–H and O–H groups in total. The van der Waals surface area contributed by atoms with Gasteiger partial charge in [-0.15, -0.1) is 0 Å². The van der Waals surface area contributed by atoms with Crippen LogP contribution in [-0.4, -0.2) is 23.0 Å². The molecule has 0 saturated heterocycles. The molecule has 15 heavy (non-hydrogen) atoms. The molecular weight excluding hydrogens is 196 g/mol. The Labute approximate surface area is 89.1 Å². The molecule has 1 amide bonds. The summed E-state index contributed by atoms with van der Waals surface area (Å²) in [7, 11) is 0. The number of nitrogens with one attached hydrogen (secondary N) is 1. The van der Waals surface area contributed by atoms with Gasteiger partial charge in [0.25, 0.3) is 0 Å². The average molecular weight is 212 g/mol. The van der Waals surface area contributed by atoms with E-state index in [2.05, 4.69) is 5.32 Å². The smallest absolute Gasteiger partial charge is 0.326 e. The predicted octanol–water partition coefficient (Wildman–Crippen LogP) is 0.906. The first-order chi connectivity index (χ1) is 6.99. The fourth-order valence-corrected chi connectivity index (χ4v) is 0.981. The summed E-state index contributed by atoms with van der Waals surface area (Å²) in [5.41, 5.74) is 0. The van der Waals surface area contributed by atoms with Crippen LogP contribution in [0.3, 0.4) is 0 Å². The van der Waals surface area contributed by atoms with Crippen molar-refractivity contribution < 1.29 is 14.7 Å². The van der Waals surface area contributed by atoms with E-state index in [1.54, 1.807) is 13.8 Å². The number of carbonyl (C=O) groups excluding carboxylic acids is 1. The third kappa shape index (κ3) is 5.68. The van der Waals surface area contributed by atoms with E-state index in [1.165, 1.54) is 0 Å². The van der Waals surface area contributed by atoms with Crippen LogP contribution in [0.4, 0.5) is 0 Å². The molecule has 0 spiro atoms. The fourth-order valence-electron chi connectivity index (χ4n) is 0.981. The summed E-state index contributed by atoms with van der Waals surface area (Å²) in [4.78, 5) is 22.0. The van der Waals surface area contributed by atoms with Crippen LogP contribution in [0.1, 0.15) is 33.1 Å². The number of unbranched alkanes of at least 4 members (excludes halogenated alkanes) is 1. The van der Waals surface area contributed by atoms with Crippen LogP contribution in [0.15, 0.2) is 0 Å². The molecular formula is C10H16N2O3. The van der Waals surface area contributed by atoms with Crippen molar-refractivity contribution in [2.24, 2.45) is 5.92 Å². The molecule has 0 heterocycles. The quantitative estimate of drug-likeness (QED) is 0.640. The van der Waals surface area contributed by atoms with Crippen molar-refractivity contribution in [2.75, 3.05) is 0 Å². The van der Waals surface area contributed by atoms with Crippen LogP contribution in [0.2, 0.25) is 0 Å². The summed E-state index contributed by atoms with van der Waals surface area (Å²) >= 11 is 0. The molecule has 0 radical (unpaired) electrons. The Bertz CT molecular complexity index is 268. The van der Waals surface area contributed by atoms with E-state index in [0.717, 1.165) is 0 Å². The number of carbonyl (C=O) groups is 2. The van der Waals surface area contributed by atoms with Gasteiger partial charge in [0, 0.05) is 12.3 Å². The van der Waals surface area contributed by atoms with Crippen molar-refractivity contribution in [2.45, 2.75) is 39.2 Å². The first-order valence-corrected chi connectivity index (χ1v) is 4.89. The van der Waals surface area contributed by atoms with Gasteiger partial charge in [0.15, 0.2) is 0 Å². The van der Waals surface area contributed by atoms with Crippen LogP contribution in [-0.2, 0) is 9.59 Å². The lowest BCUT2D eigenvalue weighted by atomic mass is 10.1. The van der Waals surface area contributed by atoms with Crippen LogP contribution in [0.25, 0.3) is 0 Å². The molecule has 0 aromatic rings. The Balaban J connectivity index is 4.12. The normalized spacial score (nSPS) is 11.9. The zero-order valence-corrected chi connectivity index (χ0v) is 8.99. The number of hydrogen-bond donors (Lipinski definition) is 2. The molecule has 0 bridgehead atoms. The summed E-state index contributed by atoms with van der Waals surface area (Å²) in [5, 5.41) is 19.5. The number of aliphatic carboxylic acids is 1. The summed E-state index contributed by atoms with van der Waals surface area (Å²) in [6.07, 6.45) is 1.08. The van der Waals surface area contributed by atoms with Gasteiger partial charge in [-0.2, -0.15) is 5.26 Å². The van der Waals surface area contributed by atoms with E-state index in [4.69, 9.17) is 10.4 Å². The van der Waals surface area contributed by atoms with Gasteiger partial charge in [-0.25, -0.2) is 4.79 Å². The van der Waals surface area contributed by atoms with E-state index in [1.807, 2.05) is 6.07 Å². The predicted molar refractivity (Wildman–Crippen MR) is 53.9 cm³/mol. The lowest BCUT2D eigenvalue weighted by molar-refractivity contribution is -0.142. The van der Waals surface area contributed by atoms with E-state index in [9.17, 15) is 9.59 Å². The summed E-state index contributed by atoms with van der Waals surface area (Å²) < 4.78 is 0. The van der Waals surface area contributed by atoms with Crippen LogP contribution in [0, 0.1) is 17.2 Å². The SMILES string of the molecule is CC(C)C(=O)N[C@H](CCCC#N)C(=O)O. The second-order valence-electron chi connectivity index (χ2n) is 3.60. The average Bonchev–Trinajstić information content (AvgIpc) is 2.15. The molecule has 1 atom stereocenters. The minimum atomic E-state index is -1.05. The van der Waals surface area contributed by atoms with Gasteiger partial charge in [-0.1, -0.05) is 13.8 Å². The van der Waals surface area contributed by atoms with E-state index < -0.39 is 12.0 Å². The lowest BCUT2D eigenvalue weighted by Gasteiger charge is -2.15. The summed E-state index contributed by atoms with van der Waals surface area (Å²) in [6.45, 7) is 3.40. The van der Waals surface area contributed by atoms with Gasteiger partial charge in [0.05, 0.1) is 6.07 Å². The zero-order chi connectivity index (χ0) is 11.8. The fraction of sp³-hybridized carbons (Fsp3) is 0.700. The Kier molecular flexibility index (Phi) is 6.11. The Hall–Kier alpha value is -1.57. The van der Waals surface area contributed by atoms with Gasteiger partial charge in [0.2, 0.25) is 5.91 Å². The molecule has 5 nitrogen and oxygen atoms in total. The van der Waals surface area contributed by atoms with Gasteiger partial charge in [-0.05, 0) is 12.8 Å². The second-order valence-corrected chi connectivity index (χ2v) is 3.60. The Morgan fingerprint density at radius 2 is 2.07 bits per heavy atom. The summed E-state index contributed by atoms with van der Waals surface area (Å²) in [6, 6.07) is 1.05. The molecule has 5 heteroatoms. The zero-order valence-electron chi connectivity index (χ0n) is 8.99. The second kappa shape index (κ2) is 6.82. The summed E-state index contributed by atoms with van der Waals surface area (Å²) in [5.74, 6) is -1.57. The first kappa shape index (κ1) is 13.4. The van der Waals surface area contributed by atoms with Crippen molar-refractivity contribution in [3.63, 3.8) is 0 Å². The molecule has 0 fully saturated rings. The number of nitriles is 1. The van der Waals surface area contributed by atoms with Crippen LogP contribution < -0.4 is 5.32 Å². The number of nitrogens with zero attached hydrogens (tertiary/aromatic N) is 1. The van der Waals surface area contributed by atoms with E-state index in [-0.39, 0.29) is 11.8 Å². The maximum Gasteiger partial charge on any atom is 0.326 e. The minimum Gasteiger partial charge on any atom is -0.480 e. The van der Waals surface area contributed by atoms with Crippen LogP contribution >= 0.6 is 0 Å². The molecule has 0 saturated carbocycles. The molecule has 84 valence electrons. The number of hydrogen-bond acceptors (Lipinski definition) is 3. The Morgan fingerprint density at radius 3 is 2.47 bits per heavy atom. The van der Waals surface area contributed by atoms with Crippen molar-refractivity contribution in [3.8, 4) is 6.07 Å². The third-order valence-electron chi connectivity index (χ3n) is 1.92. The third-order valence-corrected chi connectivity index (χ3v) is 1.92. The maximum absolute atomic E-state index is 11.3. The molecule has 0 unspecified atom stereocenters. The minimum absolute atomic E-state index is 0.234. The topological polar surface area (TPSA) is 90.2 Å². The maximum atomic E-state index is 11.3. The van der Waals surface area contributed by atoms with Gasteiger partial charge < -0.3 is 10.4 Å². The number of rotatable bonds is 6. The molecule has 0 aromatic heterocycles. The first-order valence-electron chi connectivity index (χ1n) is 4.89. The van der Waals surface area contributed by atoms with E-state index >= 15 is 0 Å². The molecule has 0 aliphatic rings. The van der Waals surface area contributed by atoms with Crippen molar-refractivity contribution in [3.05, 3.63) is 0 Å². The molecule has 0 rings (SSSR count). The molecule has 0 aromatic carbocycles. The van der Waals surface area contributed by atoms with E-state index in [0.29, 0.717) is 19.3 Å². The number of carboxylic acid groups (broad SMARTS) is 1. The number of carboxylic acids is 1. The highest BCUT2D eigenvalue weighted by molar-refractivity contribution is 5.84. The highest BCUT2D eigenvalue weighted by atomic mass is 16.4. The van der Waals surface area contributed by atoms with Crippen molar-refractivity contribution >= 4 is 11.9 Å². The highest BCUT2D eigenvalue weighted by Crippen LogP contribution is 2.02. The van der Waals surface area contributed by atoms with Crippen molar-refractivity contribution in [1.82, 2.24) is 5.32 Å². The van der Waals surface area contributed by atoms with Gasteiger partial charge in [0.1, 0.15) is 6.04 Å². The van der Waals surface area contributed by atoms with Crippen molar-refractivity contribution in [1.29, 1.82) is 5.26 Å². The highest BCUT2D eigenvalue weighted by Gasteiger charge is 2.20. The van der Waals surface area contributed by atoms with Gasteiger partial charge >= 0.3 is 5.97 Å². The standard InChI is InChI=1S/C10H16N2O3/c1-7(2)9(13)12-8(10(14)15)5-3-4-6-11/h7-8H,3-5H2,1-2H3,(H,12,13)(H,14,15)/t8-/m1/s1. The largest absolute Gasteiger partial charge is 0.480 e. The molecule has 0 aliphatic heterocycles. The monoisotopic (exact) mass is 212 g/mol. The number of amides is 1. The molecule has 0 aliphatic carbocycles.